The molecule has 0 aliphatic carbocycles. The maximum absolute atomic E-state index is 14.1. The lowest BCUT2D eigenvalue weighted by Gasteiger charge is -2.30. The summed E-state index contributed by atoms with van der Waals surface area (Å²) in [5.41, 5.74) is 5.73. The molecule has 2 unspecified atom stereocenters. The van der Waals surface area contributed by atoms with Gasteiger partial charge in [-0.2, -0.15) is 0 Å². The van der Waals surface area contributed by atoms with Crippen LogP contribution in [0.4, 0.5) is 0 Å². The summed E-state index contributed by atoms with van der Waals surface area (Å²) in [4.78, 5) is 107. The number of hydrogen-bond donors (Lipinski definition) is 10. The van der Waals surface area contributed by atoms with Crippen molar-refractivity contribution in [2.45, 2.75) is 153 Å². The fraction of sp³-hybridized carbons (Fsp3) is 0.592. The molecule has 0 radical (unpaired) electrons. The fourth-order valence-corrected chi connectivity index (χ4v) is 7.92. The second-order valence-electron chi connectivity index (χ2n) is 17.8. The number of benzene rings is 2. The third-order valence-electron chi connectivity index (χ3n) is 12.3. The second-order valence-corrected chi connectivity index (χ2v) is 17.8. The van der Waals surface area contributed by atoms with Gasteiger partial charge in [-0.25, -0.2) is 0 Å². The largest absolute Gasteiger partial charge is 0.507 e. The normalized spacial score (nSPS) is 17.2. The lowest BCUT2D eigenvalue weighted by Crippen LogP contribution is -2.56. The topological polar surface area (TPSA) is 310 Å². The van der Waals surface area contributed by atoms with Crippen molar-refractivity contribution in [3.63, 3.8) is 0 Å². The zero-order valence-electron chi connectivity index (χ0n) is 40.7. The van der Waals surface area contributed by atoms with E-state index in [9.17, 15) is 58.8 Å². The summed E-state index contributed by atoms with van der Waals surface area (Å²) in [5.74, 6) is -6.96. The summed E-state index contributed by atoms with van der Waals surface area (Å²) in [7, 11) is 2.68. The average Bonchev–Trinajstić information content (AvgIpc) is 3.31. The van der Waals surface area contributed by atoms with Crippen molar-refractivity contribution in [2.24, 2.45) is 5.73 Å². The number of nitrogens with two attached hydrogens (primary N) is 1. The minimum absolute atomic E-state index is 0.0382. The number of phenols is 2. The molecule has 2 aromatic rings. The zero-order valence-corrected chi connectivity index (χ0v) is 40.7. The first kappa shape index (κ1) is 57.0. The summed E-state index contributed by atoms with van der Waals surface area (Å²) < 4.78 is 0. The molecule has 11 N–H and O–H groups in total. The van der Waals surface area contributed by atoms with E-state index < -0.39 is 97.4 Å². The molecule has 0 fully saturated rings. The van der Waals surface area contributed by atoms with E-state index in [1.807, 2.05) is 0 Å². The molecular weight excluding hydrogens is 893 g/mol. The van der Waals surface area contributed by atoms with Gasteiger partial charge in [0.25, 0.3) is 0 Å². The highest BCUT2D eigenvalue weighted by atomic mass is 16.3. The predicted octanol–water partition coefficient (Wildman–Crippen LogP) is 1.69. The minimum Gasteiger partial charge on any atom is -0.507 e. The van der Waals surface area contributed by atoms with Crippen molar-refractivity contribution < 1.29 is 58.8 Å². The van der Waals surface area contributed by atoms with Crippen molar-refractivity contribution in [2.75, 3.05) is 33.8 Å². The van der Waals surface area contributed by atoms with E-state index in [2.05, 4.69) is 33.5 Å². The Hall–Kier alpha value is -6.28. The first-order valence-electron chi connectivity index (χ1n) is 24.0. The van der Waals surface area contributed by atoms with Crippen LogP contribution in [0.1, 0.15) is 128 Å². The summed E-state index contributed by atoms with van der Waals surface area (Å²) in [6, 6.07) is 1.53. The third-order valence-corrected chi connectivity index (χ3v) is 12.3. The molecule has 1 aliphatic rings. The van der Waals surface area contributed by atoms with Crippen molar-refractivity contribution in [1.29, 1.82) is 0 Å². The number of aliphatic hydroxyl groups excluding tert-OH is 2. The Labute approximate surface area is 404 Å². The van der Waals surface area contributed by atoms with Crippen molar-refractivity contribution in [1.82, 2.24) is 36.4 Å². The highest BCUT2D eigenvalue weighted by Crippen LogP contribution is 2.38. The van der Waals surface area contributed by atoms with Crippen LogP contribution >= 0.6 is 0 Å². The number of aliphatic hydroxyl groups is 2. The minimum atomic E-state index is -1.72. The maximum Gasteiger partial charge on any atom is 0.248 e. The van der Waals surface area contributed by atoms with Crippen LogP contribution in [-0.4, -0.2) is 142 Å². The Bertz CT molecular complexity index is 2090. The van der Waals surface area contributed by atoms with Crippen LogP contribution < -0.4 is 32.3 Å². The fourth-order valence-electron chi connectivity index (χ4n) is 7.92. The number of rotatable bonds is 26. The van der Waals surface area contributed by atoms with Gasteiger partial charge in [0, 0.05) is 38.1 Å². The highest BCUT2D eigenvalue weighted by Gasteiger charge is 2.34. The summed E-state index contributed by atoms with van der Waals surface area (Å²) in [6.45, 7) is 2.96. The predicted molar refractivity (Wildman–Crippen MR) is 257 cm³/mol. The number of phenolic OH excluding ortho intramolecular Hbond substituents is 2. The number of nitrogens with one attached hydrogen (secondary N) is 5. The standard InChI is InChI=1S/C49H74N8O12/c1-6-7-8-9-10-11-12-13-14-15-16-17-18-19-41(62)56(4)37(29-58)48(68)53-30(2)45(65)52-28-42(63)57(5)43-33-21-23-39(60)35(26-33)34-24-32(20-22-38(34)59)25-36(47(67)51-27-40(61)44(50)64)55-46(66)31(3)54-49(43)69/h20-24,26,30-31,36-37,40,43,58-61H,6-19,25,27-29H2,1-5H3,(H2,50,64)(H,51,67)(H,52,65)(H,53,68)(H,54,69)(H,55,66)/t30-,31+,36+,37?,40?,43+/m1/s1. The molecule has 382 valence electrons. The molecule has 0 spiro atoms. The molecule has 8 amide bonds. The Morgan fingerprint density at radius 2 is 1.33 bits per heavy atom. The molecule has 1 heterocycles. The Morgan fingerprint density at radius 1 is 0.768 bits per heavy atom. The van der Waals surface area contributed by atoms with Gasteiger partial charge in [0.2, 0.25) is 47.3 Å². The van der Waals surface area contributed by atoms with Crippen molar-refractivity contribution in [3.05, 3.63) is 47.5 Å². The van der Waals surface area contributed by atoms with Crippen molar-refractivity contribution >= 4 is 47.3 Å². The van der Waals surface area contributed by atoms with Crippen LogP contribution in [-0.2, 0) is 44.8 Å². The number of likely N-dealkylation sites (N-methyl/N-ethyl adjacent to an activating group) is 2. The van der Waals surface area contributed by atoms with E-state index in [1.165, 1.54) is 116 Å². The number of amides is 8. The Balaban J connectivity index is 1.65. The summed E-state index contributed by atoms with van der Waals surface area (Å²) in [5, 5.41) is 54.1. The van der Waals surface area contributed by atoms with Crippen LogP contribution in [0.5, 0.6) is 11.5 Å². The van der Waals surface area contributed by atoms with E-state index >= 15 is 0 Å². The lowest BCUT2D eigenvalue weighted by molar-refractivity contribution is -0.142. The smallest absolute Gasteiger partial charge is 0.248 e. The van der Waals surface area contributed by atoms with E-state index in [0.717, 1.165) is 35.5 Å². The molecule has 3 rings (SSSR count). The van der Waals surface area contributed by atoms with Crippen LogP contribution in [0.3, 0.4) is 0 Å². The van der Waals surface area contributed by atoms with Crippen LogP contribution in [0.25, 0.3) is 11.1 Å². The highest BCUT2D eigenvalue weighted by molar-refractivity contribution is 5.97. The van der Waals surface area contributed by atoms with Gasteiger partial charge in [-0.05, 0) is 55.7 Å². The summed E-state index contributed by atoms with van der Waals surface area (Å²) >= 11 is 0. The average molecular weight is 967 g/mol. The molecule has 20 nitrogen and oxygen atoms in total. The molecule has 0 saturated carbocycles. The van der Waals surface area contributed by atoms with Gasteiger partial charge in [-0.1, -0.05) is 96.1 Å². The molecule has 4 bridgehead atoms. The van der Waals surface area contributed by atoms with Crippen LogP contribution in [0.2, 0.25) is 0 Å². The molecule has 2 aromatic carbocycles. The van der Waals surface area contributed by atoms with Crippen molar-refractivity contribution in [3.8, 4) is 22.6 Å². The Kier molecular flexibility index (Phi) is 23.9. The first-order valence-corrected chi connectivity index (χ1v) is 24.0. The number of carbonyl (C=O) groups excluding carboxylic acids is 8. The number of unbranched alkanes of at least 4 members (excludes halogenated alkanes) is 12. The van der Waals surface area contributed by atoms with Gasteiger partial charge in [0.05, 0.1) is 19.7 Å². The maximum atomic E-state index is 14.1. The second kappa shape index (κ2) is 28.9. The van der Waals surface area contributed by atoms with Gasteiger partial charge < -0.3 is 62.5 Å². The monoisotopic (exact) mass is 967 g/mol. The van der Waals surface area contributed by atoms with Gasteiger partial charge >= 0.3 is 0 Å². The SMILES string of the molecule is CCCCCCCCCCCCCCCC(=O)N(C)C(CO)C(=O)N[C@H](C)C(=O)NCC(=O)N(C)[C@@H]1C(=O)N[C@@H](C)C(=O)N[C@H](C(=O)NCC(O)C(N)=O)Cc2ccc(O)c(c2)-c2cc1ccc2O. The zero-order chi connectivity index (χ0) is 51.2. The van der Waals surface area contributed by atoms with Gasteiger partial charge in [0.1, 0.15) is 47.8 Å². The number of primary amides is 1. The van der Waals surface area contributed by atoms with E-state index in [0.29, 0.717) is 12.0 Å². The molecule has 0 aromatic heterocycles. The number of hydrogen-bond acceptors (Lipinski definition) is 12. The lowest BCUT2D eigenvalue weighted by atomic mass is 9.93. The number of nitrogens with zero attached hydrogens (tertiary/aromatic N) is 2. The van der Waals surface area contributed by atoms with Crippen LogP contribution in [0.15, 0.2) is 36.4 Å². The first-order chi connectivity index (χ1) is 32.8. The quantitative estimate of drug-likeness (QED) is 0.0603. The van der Waals surface area contributed by atoms with E-state index in [4.69, 9.17) is 5.73 Å². The van der Waals surface area contributed by atoms with E-state index in [-0.39, 0.29) is 46.9 Å². The Morgan fingerprint density at radius 3 is 1.91 bits per heavy atom. The van der Waals surface area contributed by atoms with Gasteiger partial charge in [-0.15, -0.1) is 0 Å². The van der Waals surface area contributed by atoms with Gasteiger partial charge in [0.15, 0.2) is 0 Å². The molecule has 0 saturated heterocycles. The summed E-state index contributed by atoms with van der Waals surface area (Å²) in [6.07, 6.45) is 13.3. The molecule has 20 heteroatoms. The molecule has 1 aliphatic heterocycles. The van der Waals surface area contributed by atoms with Crippen LogP contribution in [0, 0.1) is 0 Å². The molecular formula is C49H74N8O12. The molecule has 69 heavy (non-hydrogen) atoms. The molecule has 6 atom stereocenters. The third kappa shape index (κ3) is 18.0. The number of fused-ring (bicyclic) bond motifs is 5. The number of aromatic hydroxyl groups is 2. The van der Waals surface area contributed by atoms with Gasteiger partial charge in [-0.3, -0.25) is 38.4 Å². The number of carbonyl (C=O) groups is 8. The van der Waals surface area contributed by atoms with E-state index in [1.54, 1.807) is 0 Å².